The molecule has 3 aromatic rings. The van der Waals surface area contributed by atoms with Crippen LogP contribution < -0.4 is 10.2 Å². The first-order valence-corrected chi connectivity index (χ1v) is 7.76. The third kappa shape index (κ3) is 4.17. The first-order chi connectivity index (χ1) is 12.1. The van der Waals surface area contributed by atoms with Crippen LogP contribution in [0.4, 0.5) is 16.0 Å². The van der Waals surface area contributed by atoms with E-state index in [1.165, 1.54) is 24.5 Å². The van der Waals surface area contributed by atoms with E-state index in [4.69, 9.17) is 0 Å². The number of nitrogens with zero attached hydrogens (tertiary/aromatic N) is 3. The maximum Gasteiger partial charge on any atom is 0.258 e. The van der Waals surface area contributed by atoms with Crippen molar-refractivity contribution in [3.63, 3.8) is 0 Å². The molecule has 0 unspecified atom stereocenters. The average molecular weight is 336 g/mol. The zero-order valence-electron chi connectivity index (χ0n) is 13.7. The van der Waals surface area contributed by atoms with Crippen LogP contribution in [-0.4, -0.2) is 22.9 Å². The van der Waals surface area contributed by atoms with Gasteiger partial charge in [0, 0.05) is 26.0 Å². The van der Waals surface area contributed by atoms with Crippen LogP contribution in [0.3, 0.4) is 0 Å². The first kappa shape index (κ1) is 16.6. The van der Waals surface area contributed by atoms with Crippen LogP contribution in [0.5, 0.6) is 0 Å². The quantitative estimate of drug-likeness (QED) is 0.775. The summed E-state index contributed by atoms with van der Waals surface area (Å²) < 4.78 is 13.6. The van der Waals surface area contributed by atoms with Crippen LogP contribution in [0.1, 0.15) is 15.9 Å². The summed E-state index contributed by atoms with van der Waals surface area (Å²) in [4.78, 5) is 22.5. The van der Waals surface area contributed by atoms with Crippen molar-refractivity contribution in [3.8, 4) is 0 Å². The number of para-hydroxylation sites is 1. The van der Waals surface area contributed by atoms with E-state index in [1.54, 1.807) is 12.1 Å². The van der Waals surface area contributed by atoms with Crippen molar-refractivity contribution in [1.29, 1.82) is 0 Å². The number of rotatable bonds is 5. The van der Waals surface area contributed by atoms with Crippen molar-refractivity contribution in [3.05, 3.63) is 83.9 Å². The molecule has 0 atom stereocenters. The highest BCUT2D eigenvalue weighted by Crippen LogP contribution is 2.14. The molecule has 0 aliphatic carbocycles. The number of carbonyl (C=O) groups excluding carboxylic acids is 1. The number of nitrogens with one attached hydrogen (secondary N) is 1. The van der Waals surface area contributed by atoms with Crippen molar-refractivity contribution in [2.45, 2.75) is 6.54 Å². The summed E-state index contributed by atoms with van der Waals surface area (Å²) in [7, 11) is 1.88. The molecule has 0 aliphatic heterocycles. The number of aromatic nitrogens is 2. The van der Waals surface area contributed by atoms with Crippen molar-refractivity contribution in [1.82, 2.24) is 9.97 Å². The van der Waals surface area contributed by atoms with Gasteiger partial charge in [-0.05, 0) is 17.7 Å². The van der Waals surface area contributed by atoms with Gasteiger partial charge in [-0.25, -0.2) is 14.4 Å². The van der Waals surface area contributed by atoms with Gasteiger partial charge in [-0.15, -0.1) is 0 Å². The third-order valence-electron chi connectivity index (χ3n) is 3.63. The summed E-state index contributed by atoms with van der Waals surface area (Å²) in [5.41, 5.74) is 1.52. The van der Waals surface area contributed by atoms with Crippen molar-refractivity contribution >= 4 is 17.5 Å². The summed E-state index contributed by atoms with van der Waals surface area (Å²) in [5, 5.41) is 2.51. The standard InChI is InChI=1S/C19H17FN4O/c1-24(13-14-7-3-2-4-8-14)19-21-11-15(12-22-19)18(25)23-17-10-6-5-9-16(17)20/h2-12H,13H2,1H3,(H,23,25). The van der Waals surface area contributed by atoms with Gasteiger partial charge in [0.05, 0.1) is 11.3 Å². The molecule has 1 N–H and O–H groups in total. The Morgan fingerprint density at radius 3 is 2.36 bits per heavy atom. The number of hydrogen-bond acceptors (Lipinski definition) is 4. The summed E-state index contributed by atoms with van der Waals surface area (Å²) in [6.07, 6.45) is 2.86. The molecule has 1 amide bonds. The van der Waals surface area contributed by atoms with E-state index >= 15 is 0 Å². The lowest BCUT2D eigenvalue weighted by Crippen LogP contribution is -2.20. The Morgan fingerprint density at radius 1 is 1.04 bits per heavy atom. The summed E-state index contributed by atoms with van der Waals surface area (Å²) in [6.45, 7) is 0.654. The molecule has 1 aromatic heterocycles. The predicted octanol–water partition coefficient (Wildman–Crippen LogP) is 3.50. The van der Waals surface area contributed by atoms with Crippen molar-refractivity contribution < 1.29 is 9.18 Å². The highest BCUT2D eigenvalue weighted by molar-refractivity contribution is 6.03. The van der Waals surface area contributed by atoms with Gasteiger partial charge in [-0.3, -0.25) is 4.79 Å². The van der Waals surface area contributed by atoms with Crippen LogP contribution >= 0.6 is 0 Å². The molecule has 3 rings (SSSR count). The van der Waals surface area contributed by atoms with Gasteiger partial charge in [0.1, 0.15) is 5.82 Å². The van der Waals surface area contributed by atoms with E-state index < -0.39 is 11.7 Å². The van der Waals surface area contributed by atoms with Crippen LogP contribution in [0, 0.1) is 5.82 Å². The van der Waals surface area contributed by atoms with E-state index in [0.717, 1.165) is 5.56 Å². The zero-order chi connectivity index (χ0) is 17.6. The molecule has 0 saturated heterocycles. The minimum absolute atomic E-state index is 0.123. The molecule has 0 radical (unpaired) electrons. The third-order valence-corrected chi connectivity index (χ3v) is 3.63. The van der Waals surface area contributed by atoms with E-state index in [0.29, 0.717) is 12.5 Å². The molecule has 0 bridgehead atoms. The second-order valence-electron chi connectivity index (χ2n) is 5.55. The highest BCUT2D eigenvalue weighted by Gasteiger charge is 2.11. The van der Waals surface area contributed by atoms with Crippen LogP contribution in [0.15, 0.2) is 67.0 Å². The molecular weight excluding hydrogens is 319 g/mol. The molecule has 6 heteroatoms. The maximum atomic E-state index is 13.6. The van der Waals surface area contributed by atoms with Crippen LogP contribution in [-0.2, 0) is 6.54 Å². The molecule has 0 saturated carbocycles. The SMILES string of the molecule is CN(Cc1ccccc1)c1ncc(C(=O)Nc2ccccc2F)cn1. The molecular formula is C19H17FN4O. The fourth-order valence-corrected chi connectivity index (χ4v) is 2.32. The zero-order valence-corrected chi connectivity index (χ0v) is 13.7. The Bertz CT molecular complexity index is 853. The predicted molar refractivity (Wildman–Crippen MR) is 94.9 cm³/mol. The second-order valence-corrected chi connectivity index (χ2v) is 5.55. The summed E-state index contributed by atoms with van der Waals surface area (Å²) in [5.74, 6) is -0.440. The van der Waals surface area contributed by atoms with Gasteiger partial charge in [0.2, 0.25) is 5.95 Å². The number of anilines is 2. The molecule has 5 nitrogen and oxygen atoms in total. The number of halogens is 1. The fraction of sp³-hybridized carbons (Fsp3) is 0.105. The molecule has 2 aromatic carbocycles. The minimum atomic E-state index is -0.490. The Kier molecular flexibility index (Phi) is 4.99. The Hall–Kier alpha value is -3.28. The van der Waals surface area contributed by atoms with Gasteiger partial charge < -0.3 is 10.2 Å². The topological polar surface area (TPSA) is 58.1 Å². The lowest BCUT2D eigenvalue weighted by Gasteiger charge is -2.17. The van der Waals surface area contributed by atoms with E-state index in [2.05, 4.69) is 15.3 Å². The number of amides is 1. The molecule has 1 heterocycles. The minimum Gasteiger partial charge on any atom is -0.340 e. The Balaban J connectivity index is 1.67. The summed E-state index contributed by atoms with van der Waals surface area (Å²) >= 11 is 0. The number of carbonyl (C=O) groups is 1. The number of benzene rings is 2. The molecule has 126 valence electrons. The van der Waals surface area contributed by atoms with Crippen molar-refractivity contribution in [2.75, 3.05) is 17.3 Å². The van der Waals surface area contributed by atoms with Crippen LogP contribution in [0.2, 0.25) is 0 Å². The number of hydrogen-bond donors (Lipinski definition) is 1. The lowest BCUT2D eigenvalue weighted by atomic mass is 10.2. The Labute approximate surface area is 145 Å². The maximum absolute atomic E-state index is 13.6. The molecule has 0 fully saturated rings. The van der Waals surface area contributed by atoms with Crippen LogP contribution in [0.25, 0.3) is 0 Å². The smallest absolute Gasteiger partial charge is 0.258 e. The first-order valence-electron chi connectivity index (χ1n) is 7.76. The van der Waals surface area contributed by atoms with Gasteiger partial charge in [-0.2, -0.15) is 0 Å². The largest absolute Gasteiger partial charge is 0.340 e. The van der Waals surface area contributed by atoms with Gasteiger partial charge >= 0.3 is 0 Å². The van der Waals surface area contributed by atoms with E-state index in [9.17, 15) is 9.18 Å². The fourth-order valence-electron chi connectivity index (χ4n) is 2.32. The normalized spacial score (nSPS) is 10.3. The van der Waals surface area contributed by atoms with E-state index in [1.807, 2.05) is 42.3 Å². The van der Waals surface area contributed by atoms with E-state index in [-0.39, 0.29) is 11.3 Å². The molecule has 0 aliphatic rings. The molecule has 0 spiro atoms. The Morgan fingerprint density at radius 2 is 1.68 bits per heavy atom. The lowest BCUT2D eigenvalue weighted by molar-refractivity contribution is 0.102. The average Bonchev–Trinajstić information content (AvgIpc) is 2.64. The van der Waals surface area contributed by atoms with Gasteiger partial charge in [0.15, 0.2) is 0 Å². The molecule has 25 heavy (non-hydrogen) atoms. The second kappa shape index (κ2) is 7.53. The highest BCUT2D eigenvalue weighted by atomic mass is 19.1. The van der Waals surface area contributed by atoms with Gasteiger partial charge in [0.25, 0.3) is 5.91 Å². The summed E-state index contributed by atoms with van der Waals surface area (Å²) in [6, 6.07) is 15.9. The van der Waals surface area contributed by atoms with Gasteiger partial charge in [-0.1, -0.05) is 42.5 Å². The monoisotopic (exact) mass is 336 g/mol. The van der Waals surface area contributed by atoms with Crippen molar-refractivity contribution in [2.24, 2.45) is 0 Å².